The number of ether oxygens (including phenoxy) is 1. The van der Waals surface area contributed by atoms with Gasteiger partial charge in [0, 0.05) is 16.9 Å². The molecule has 126 valence electrons. The van der Waals surface area contributed by atoms with Gasteiger partial charge in [-0.1, -0.05) is 20.8 Å². The van der Waals surface area contributed by atoms with Crippen molar-refractivity contribution in [2.75, 3.05) is 7.11 Å². The summed E-state index contributed by atoms with van der Waals surface area (Å²) in [5.74, 6) is -0.992. The van der Waals surface area contributed by atoms with Gasteiger partial charge < -0.3 is 10.1 Å². The van der Waals surface area contributed by atoms with Crippen LogP contribution in [0.3, 0.4) is 0 Å². The molecule has 2 heterocycles. The number of piperidine rings is 1. The quantitative estimate of drug-likeness (QED) is 0.815. The number of thiophene rings is 1. The first kappa shape index (κ1) is 17.5. The van der Waals surface area contributed by atoms with Crippen LogP contribution < -0.4 is 15.4 Å². The molecule has 1 aliphatic heterocycles. The van der Waals surface area contributed by atoms with E-state index in [0.717, 1.165) is 10.4 Å². The number of hydrogen-bond donors (Lipinski definition) is 2. The fraction of sp³-hybridized carbons (Fsp3) is 0.562. The second kappa shape index (κ2) is 6.70. The molecule has 6 nitrogen and oxygen atoms in total. The van der Waals surface area contributed by atoms with E-state index in [2.05, 4.69) is 31.4 Å². The second-order valence-electron chi connectivity index (χ2n) is 6.63. The Kier molecular flexibility index (Phi) is 5.09. The third-order valence-corrected chi connectivity index (χ3v) is 5.18. The Morgan fingerprint density at radius 1 is 1.43 bits per heavy atom. The molecule has 1 saturated heterocycles. The van der Waals surface area contributed by atoms with Crippen molar-refractivity contribution in [3.05, 3.63) is 16.5 Å². The average molecular weight is 338 g/mol. The van der Waals surface area contributed by atoms with Gasteiger partial charge in [0.2, 0.25) is 17.7 Å². The molecular weight excluding hydrogens is 316 g/mol. The molecule has 0 saturated carbocycles. The van der Waals surface area contributed by atoms with Crippen molar-refractivity contribution in [1.29, 1.82) is 0 Å². The maximum absolute atomic E-state index is 12.2. The predicted octanol–water partition coefficient (Wildman–Crippen LogP) is 1.52. The summed E-state index contributed by atoms with van der Waals surface area (Å²) < 4.78 is 5.36. The van der Waals surface area contributed by atoms with Crippen LogP contribution in [0.2, 0.25) is 0 Å². The van der Waals surface area contributed by atoms with Crippen LogP contribution in [0.5, 0.6) is 5.06 Å². The zero-order valence-corrected chi connectivity index (χ0v) is 14.6. The molecule has 1 aromatic rings. The number of amides is 3. The minimum atomic E-state index is -0.646. The molecule has 0 radical (unpaired) electrons. The van der Waals surface area contributed by atoms with E-state index in [-0.39, 0.29) is 30.1 Å². The molecule has 23 heavy (non-hydrogen) atoms. The number of carbonyl (C=O) groups is 3. The fourth-order valence-electron chi connectivity index (χ4n) is 2.33. The topological polar surface area (TPSA) is 84.5 Å². The lowest BCUT2D eigenvalue weighted by Gasteiger charge is -2.21. The fourth-order valence-corrected chi connectivity index (χ4v) is 3.38. The maximum atomic E-state index is 12.2. The van der Waals surface area contributed by atoms with Gasteiger partial charge >= 0.3 is 0 Å². The number of methoxy groups -OCH3 is 1. The Labute approximate surface area is 139 Å². The van der Waals surface area contributed by atoms with Crippen molar-refractivity contribution < 1.29 is 19.1 Å². The van der Waals surface area contributed by atoms with Crippen LogP contribution >= 0.6 is 11.3 Å². The molecule has 1 aliphatic rings. The Morgan fingerprint density at radius 2 is 2.13 bits per heavy atom. The molecule has 7 heteroatoms. The Balaban J connectivity index is 2.04. The highest BCUT2D eigenvalue weighted by Crippen LogP contribution is 2.37. The van der Waals surface area contributed by atoms with Gasteiger partial charge in [0.15, 0.2) is 5.06 Å². The zero-order chi connectivity index (χ0) is 17.2. The molecule has 1 aromatic heterocycles. The number of carbonyl (C=O) groups excluding carboxylic acids is 3. The van der Waals surface area contributed by atoms with Crippen LogP contribution in [0, 0.1) is 0 Å². The van der Waals surface area contributed by atoms with E-state index >= 15 is 0 Å². The highest BCUT2D eigenvalue weighted by molar-refractivity contribution is 7.14. The van der Waals surface area contributed by atoms with Crippen molar-refractivity contribution in [2.24, 2.45) is 0 Å². The summed E-state index contributed by atoms with van der Waals surface area (Å²) in [6.45, 7) is 6.31. The molecule has 0 aliphatic carbocycles. The highest BCUT2D eigenvalue weighted by atomic mass is 32.1. The molecule has 2 N–H and O–H groups in total. The van der Waals surface area contributed by atoms with E-state index < -0.39 is 11.9 Å². The summed E-state index contributed by atoms with van der Waals surface area (Å²) in [5.41, 5.74) is 0.795. The van der Waals surface area contributed by atoms with Gasteiger partial charge in [0.05, 0.1) is 13.5 Å². The first-order valence-corrected chi connectivity index (χ1v) is 8.32. The van der Waals surface area contributed by atoms with Gasteiger partial charge in [-0.2, -0.15) is 0 Å². The molecule has 2 rings (SSSR count). The van der Waals surface area contributed by atoms with E-state index in [1.165, 1.54) is 11.3 Å². The van der Waals surface area contributed by atoms with E-state index in [9.17, 15) is 14.4 Å². The summed E-state index contributed by atoms with van der Waals surface area (Å²) in [6.07, 6.45) is 0.727. The first-order chi connectivity index (χ1) is 10.7. The summed E-state index contributed by atoms with van der Waals surface area (Å²) in [4.78, 5) is 36.1. The Bertz CT molecular complexity index is 631. The third kappa shape index (κ3) is 4.31. The van der Waals surface area contributed by atoms with Gasteiger partial charge in [-0.05, 0) is 17.9 Å². The van der Waals surface area contributed by atoms with Gasteiger partial charge in [-0.3, -0.25) is 19.7 Å². The smallest absolute Gasteiger partial charge is 0.249 e. The van der Waals surface area contributed by atoms with Crippen LogP contribution in [0.4, 0.5) is 0 Å². The number of hydrogen-bond acceptors (Lipinski definition) is 5. The van der Waals surface area contributed by atoms with Gasteiger partial charge in [0.1, 0.15) is 6.04 Å². The lowest BCUT2D eigenvalue weighted by molar-refractivity contribution is -0.137. The van der Waals surface area contributed by atoms with Crippen LogP contribution in [0.1, 0.15) is 44.1 Å². The highest BCUT2D eigenvalue weighted by Gasteiger charge is 2.28. The SMILES string of the molecule is COc1sc(C(C)(C)C)cc1CC(=O)NC1CCC(=O)NC1=O. The average Bonchev–Trinajstić information content (AvgIpc) is 2.85. The Hall–Kier alpha value is -1.89. The zero-order valence-electron chi connectivity index (χ0n) is 13.8. The largest absolute Gasteiger partial charge is 0.487 e. The maximum Gasteiger partial charge on any atom is 0.249 e. The van der Waals surface area contributed by atoms with Crippen molar-refractivity contribution in [1.82, 2.24) is 10.6 Å². The standard InChI is InChI=1S/C16H22N2O4S/c1-16(2,3)11-7-9(15(22-4)23-11)8-13(20)17-10-5-6-12(19)18-14(10)21/h7,10H,5-6,8H2,1-4H3,(H,17,20)(H,18,19,21). The van der Waals surface area contributed by atoms with E-state index in [1.54, 1.807) is 7.11 Å². The van der Waals surface area contributed by atoms with E-state index in [1.807, 2.05) is 6.07 Å². The molecule has 0 aromatic carbocycles. The van der Waals surface area contributed by atoms with Crippen molar-refractivity contribution in [3.63, 3.8) is 0 Å². The van der Waals surface area contributed by atoms with Gasteiger partial charge in [-0.25, -0.2) is 0 Å². The van der Waals surface area contributed by atoms with Crippen molar-refractivity contribution in [3.8, 4) is 5.06 Å². The summed E-state index contributed by atoms with van der Waals surface area (Å²) in [7, 11) is 1.58. The number of imide groups is 1. The molecule has 1 unspecified atom stereocenters. The molecule has 0 bridgehead atoms. The van der Waals surface area contributed by atoms with Gasteiger partial charge in [0.25, 0.3) is 0 Å². The van der Waals surface area contributed by atoms with Crippen molar-refractivity contribution >= 4 is 29.1 Å². The van der Waals surface area contributed by atoms with Crippen LogP contribution in [0.15, 0.2) is 6.07 Å². The lowest BCUT2D eigenvalue weighted by Crippen LogP contribution is -2.52. The lowest BCUT2D eigenvalue weighted by atomic mass is 9.94. The minimum Gasteiger partial charge on any atom is -0.487 e. The molecule has 3 amide bonds. The Morgan fingerprint density at radius 3 is 2.70 bits per heavy atom. The van der Waals surface area contributed by atoms with Crippen molar-refractivity contribution in [2.45, 2.75) is 51.5 Å². The molecule has 1 atom stereocenters. The van der Waals surface area contributed by atoms with Crippen LogP contribution in [-0.2, 0) is 26.2 Å². The van der Waals surface area contributed by atoms with E-state index in [0.29, 0.717) is 11.5 Å². The molecular formula is C16H22N2O4S. The normalized spacial score (nSPS) is 18.5. The van der Waals surface area contributed by atoms with Gasteiger partial charge in [-0.15, -0.1) is 11.3 Å². The molecule has 1 fully saturated rings. The van der Waals surface area contributed by atoms with Crippen LogP contribution in [-0.4, -0.2) is 30.9 Å². The minimum absolute atomic E-state index is 0.0176. The summed E-state index contributed by atoms with van der Waals surface area (Å²) in [6, 6.07) is 1.33. The summed E-state index contributed by atoms with van der Waals surface area (Å²) >= 11 is 1.53. The predicted molar refractivity (Wildman–Crippen MR) is 87.6 cm³/mol. The molecule has 0 spiro atoms. The van der Waals surface area contributed by atoms with Crippen LogP contribution in [0.25, 0.3) is 0 Å². The first-order valence-electron chi connectivity index (χ1n) is 7.51. The second-order valence-corrected chi connectivity index (χ2v) is 7.64. The third-order valence-electron chi connectivity index (χ3n) is 3.62. The monoisotopic (exact) mass is 338 g/mol. The van der Waals surface area contributed by atoms with E-state index in [4.69, 9.17) is 4.74 Å². The number of rotatable bonds is 4. The number of nitrogens with one attached hydrogen (secondary N) is 2. The summed E-state index contributed by atoms with van der Waals surface area (Å²) in [5, 5.41) is 5.63.